The van der Waals surface area contributed by atoms with E-state index in [0.29, 0.717) is 51.5 Å². The molecule has 0 unspecified atom stereocenters. The second kappa shape index (κ2) is 11.1. The summed E-state index contributed by atoms with van der Waals surface area (Å²) in [7, 11) is 0. The predicted octanol–water partition coefficient (Wildman–Crippen LogP) is 5.87. The SMILES string of the molecule is C[C@@H](Oc1ccc2[nH]nc(-c3cnc(N4CC(C)(NCCN5CCCC5)C4)c(F)c3)c2c1)c1c(Cl)cncc1Cl. The quantitative estimate of drug-likeness (QED) is 0.255. The fraction of sp³-hybridized carbons (Fsp3) is 0.414. The molecule has 0 amide bonds. The zero-order chi connectivity index (χ0) is 27.9. The van der Waals surface area contributed by atoms with Gasteiger partial charge in [-0.05, 0) is 64.0 Å². The molecule has 0 aliphatic carbocycles. The second-order valence-corrected chi connectivity index (χ2v) is 11.8. The Balaban J connectivity index is 1.14. The van der Waals surface area contributed by atoms with Gasteiger partial charge >= 0.3 is 0 Å². The molecule has 1 atom stereocenters. The Bertz CT molecular complexity index is 1500. The van der Waals surface area contributed by atoms with Crippen molar-refractivity contribution in [1.82, 2.24) is 30.4 Å². The highest BCUT2D eigenvalue weighted by Crippen LogP contribution is 2.36. The van der Waals surface area contributed by atoms with Crippen molar-refractivity contribution in [2.75, 3.05) is 44.2 Å². The summed E-state index contributed by atoms with van der Waals surface area (Å²) in [4.78, 5) is 13.0. The van der Waals surface area contributed by atoms with Crippen LogP contribution in [0.25, 0.3) is 22.2 Å². The van der Waals surface area contributed by atoms with E-state index in [4.69, 9.17) is 27.9 Å². The van der Waals surface area contributed by atoms with E-state index in [1.165, 1.54) is 44.4 Å². The molecule has 2 aliphatic heterocycles. The smallest absolute Gasteiger partial charge is 0.166 e. The molecular weight excluding hydrogens is 552 g/mol. The number of aromatic amines is 1. The van der Waals surface area contributed by atoms with Crippen LogP contribution in [0.15, 0.2) is 42.9 Å². The number of likely N-dealkylation sites (tertiary alicyclic amines) is 1. The lowest BCUT2D eigenvalue weighted by Crippen LogP contribution is -2.68. The molecule has 210 valence electrons. The molecule has 2 aliphatic rings. The van der Waals surface area contributed by atoms with Crippen LogP contribution >= 0.6 is 23.2 Å². The lowest BCUT2D eigenvalue weighted by atomic mass is 9.92. The molecule has 1 aromatic carbocycles. The first-order valence-corrected chi connectivity index (χ1v) is 14.4. The summed E-state index contributed by atoms with van der Waals surface area (Å²) in [5, 5.41) is 12.8. The maximum atomic E-state index is 15.3. The highest BCUT2D eigenvalue weighted by atomic mass is 35.5. The van der Waals surface area contributed by atoms with Gasteiger partial charge in [-0.1, -0.05) is 23.2 Å². The van der Waals surface area contributed by atoms with Gasteiger partial charge in [-0.3, -0.25) is 10.1 Å². The van der Waals surface area contributed by atoms with Gasteiger partial charge < -0.3 is 19.9 Å². The highest BCUT2D eigenvalue weighted by molar-refractivity contribution is 6.35. The molecule has 0 spiro atoms. The number of fused-ring (bicyclic) bond motifs is 1. The van der Waals surface area contributed by atoms with Crippen LogP contribution in [0.2, 0.25) is 10.0 Å². The van der Waals surface area contributed by atoms with Crippen LogP contribution in [-0.2, 0) is 0 Å². The average molecular weight is 585 g/mol. The third kappa shape index (κ3) is 5.48. The fourth-order valence-electron chi connectivity index (χ4n) is 5.73. The zero-order valence-electron chi connectivity index (χ0n) is 22.6. The summed E-state index contributed by atoms with van der Waals surface area (Å²) < 4.78 is 21.5. The number of H-pyrrole nitrogens is 1. The minimum atomic E-state index is -0.411. The van der Waals surface area contributed by atoms with Gasteiger partial charge in [-0.15, -0.1) is 0 Å². The van der Waals surface area contributed by atoms with Crippen LogP contribution in [0.3, 0.4) is 0 Å². The standard InChI is InChI=1S/C29H32Cl2FN7O/c1-18(26-22(30)14-33-15-23(26)31)40-20-5-6-25-21(12-20)27(37-36-25)19-11-24(32)28(34-13-19)39-16-29(2,17-39)35-7-10-38-8-3-4-9-38/h5-6,11-15,18,35H,3-4,7-10,16-17H2,1-2H3,(H,36,37)/t18-/m1/s1. The summed E-state index contributed by atoms with van der Waals surface area (Å²) in [6.45, 7) is 9.88. The Morgan fingerprint density at radius 2 is 1.88 bits per heavy atom. The topological polar surface area (TPSA) is 82.2 Å². The summed E-state index contributed by atoms with van der Waals surface area (Å²) >= 11 is 12.6. The molecule has 3 aromatic heterocycles. The van der Waals surface area contributed by atoms with E-state index in [9.17, 15) is 0 Å². The van der Waals surface area contributed by atoms with Crippen molar-refractivity contribution in [2.24, 2.45) is 0 Å². The molecule has 2 fully saturated rings. The highest BCUT2D eigenvalue weighted by Gasteiger charge is 2.40. The number of aromatic nitrogens is 4. The van der Waals surface area contributed by atoms with Crippen molar-refractivity contribution in [3.05, 3.63) is 64.3 Å². The van der Waals surface area contributed by atoms with E-state index >= 15 is 4.39 Å². The van der Waals surface area contributed by atoms with Crippen LogP contribution in [0.4, 0.5) is 10.2 Å². The van der Waals surface area contributed by atoms with Crippen molar-refractivity contribution < 1.29 is 9.13 Å². The summed E-state index contributed by atoms with van der Waals surface area (Å²) in [6, 6.07) is 7.08. The molecule has 0 radical (unpaired) electrons. The first-order valence-electron chi connectivity index (χ1n) is 13.6. The van der Waals surface area contributed by atoms with Gasteiger partial charge in [0.2, 0.25) is 0 Å². The van der Waals surface area contributed by atoms with Crippen molar-refractivity contribution in [2.45, 2.75) is 38.3 Å². The number of hydrogen-bond donors (Lipinski definition) is 2. The van der Waals surface area contributed by atoms with E-state index in [-0.39, 0.29) is 11.4 Å². The maximum Gasteiger partial charge on any atom is 0.166 e. The number of nitrogens with one attached hydrogen (secondary N) is 2. The van der Waals surface area contributed by atoms with Gasteiger partial charge in [0, 0.05) is 61.3 Å². The lowest BCUT2D eigenvalue weighted by molar-refractivity contribution is 0.227. The Hall–Kier alpha value is -2.98. The fourth-order valence-corrected chi connectivity index (χ4v) is 6.40. The van der Waals surface area contributed by atoms with Crippen LogP contribution < -0.4 is 15.0 Å². The van der Waals surface area contributed by atoms with Gasteiger partial charge in [0.15, 0.2) is 11.6 Å². The first kappa shape index (κ1) is 27.2. The molecule has 2 saturated heterocycles. The summed E-state index contributed by atoms with van der Waals surface area (Å²) in [6.07, 6.45) is 6.94. The number of halogens is 3. The van der Waals surface area contributed by atoms with Crippen LogP contribution in [0, 0.1) is 5.82 Å². The van der Waals surface area contributed by atoms with Crippen molar-refractivity contribution in [3.8, 4) is 17.0 Å². The van der Waals surface area contributed by atoms with Crippen LogP contribution in [-0.4, -0.2) is 69.9 Å². The second-order valence-electron chi connectivity index (χ2n) is 11.0. The number of ether oxygens (including phenoxy) is 1. The number of nitrogens with zero attached hydrogens (tertiary/aromatic N) is 5. The monoisotopic (exact) mass is 583 g/mol. The minimum Gasteiger partial charge on any atom is -0.486 e. The third-order valence-electron chi connectivity index (χ3n) is 7.80. The normalized spacial score (nSPS) is 17.8. The Morgan fingerprint density at radius 1 is 1.12 bits per heavy atom. The zero-order valence-corrected chi connectivity index (χ0v) is 24.1. The van der Waals surface area contributed by atoms with Crippen molar-refractivity contribution in [3.63, 3.8) is 0 Å². The molecule has 0 bridgehead atoms. The Kier molecular flexibility index (Phi) is 7.56. The number of pyridine rings is 2. The Labute approximate surface area is 242 Å². The maximum absolute atomic E-state index is 15.3. The summed E-state index contributed by atoms with van der Waals surface area (Å²) in [5.74, 6) is 0.607. The Morgan fingerprint density at radius 3 is 2.60 bits per heavy atom. The minimum absolute atomic E-state index is 0.0385. The van der Waals surface area contributed by atoms with Gasteiger partial charge in [0.05, 0.1) is 21.1 Å². The van der Waals surface area contributed by atoms with Gasteiger partial charge in [0.25, 0.3) is 0 Å². The number of rotatable bonds is 9. The third-order valence-corrected chi connectivity index (χ3v) is 8.40. The first-order chi connectivity index (χ1) is 19.3. The molecule has 8 nitrogen and oxygen atoms in total. The molecule has 6 rings (SSSR count). The molecule has 5 heterocycles. The van der Waals surface area contributed by atoms with Gasteiger partial charge in [0.1, 0.15) is 17.5 Å². The molecule has 0 saturated carbocycles. The van der Waals surface area contributed by atoms with Crippen LogP contribution in [0.5, 0.6) is 5.75 Å². The van der Waals surface area contributed by atoms with E-state index in [2.05, 4.69) is 37.3 Å². The van der Waals surface area contributed by atoms with Gasteiger partial charge in [-0.2, -0.15) is 5.10 Å². The lowest BCUT2D eigenvalue weighted by Gasteiger charge is -2.49. The van der Waals surface area contributed by atoms with Crippen molar-refractivity contribution >= 4 is 39.9 Å². The summed E-state index contributed by atoms with van der Waals surface area (Å²) in [5.41, 5.74) is 2.62. The van der Waals surface area contributed by atoms with Gasteiger partial charge in [-0.25, -0.2) is 9.37 Å². The largest absolute Gasteiger partial charge is 0.486 e. The number of benzene rings is 1. The van der Waals surface area contributed by atoms with Crippen molar-refractivity contribution in [1.29, 1.82) is 0 Å². The molecule has 11 heteroatoms. The number of anilines is 1. The average Bonchev–Trinajstić information content (AvgIpc) is 3.57. The van der Waals surface area contributed by atoms with E-state index in [1.54, 1.807) is 6.20 Å². The van der Waals surface area contributed by atoms with E-state index in [0.717, 1.165) is 24.0 Å². The molecular formula is C29H32Cl2FN7O. The molecule has 4 aromatic rings. The molecule has 40 heavy (non-hydrogen) atoms. The molecule has 2 N–H and O–H groups in total. The van der Waals surface area contributed by atoms with E-state index < -0.39 is 6.10 Å². The van der Waals surface area contributed by atoms with Crippen LogP contribution in [0.1, 0.15) is 38.4 Å². The predicted molar refractivity (Wildman–Crippen MR) is 157 cm³/mol. The van der Waals surface area contributed by atoms with E-state index in [1.807, 2.05) is 30.0 Å². The number of hydrogen-bond acceptors (Lipinski definition) is 7.